The molecule has 0 bridgehead atoms. The van der Waals surface area contributed by atoms with Gasteiger partial charge in [-0.3, -0.25) is 0 Å². The molecular formula is C14H16ClN3O3S. The first-order valence-corrected chi connectivity index (χ1v) is 9.04. The number of hydrogen-bond acceptors (Lipinski definition) is 6. The van der Waals surface area contributed by atoms with Crippen molar-refractivity contribution in [3.05, 3.63) is 29.0 Å². The number of benzene rings is 1. The Morgan fingerprint density at radius 1 is 1.41 bits per heavy atom. The molecule has 1 heterocycles. The van der Waals surface area contributed by atoms with Crippen molar-refractivity contribution in [1.82, 2.24) is 10.1 Å². The molecule has 0 amide bonds. The summed E-state index contributed by atoms with van der Waals surface area (Å²) in [7, 11) is -3.33. The van der Waals surface area contributed by atoms with E-state index in [1.54, 1.807) is 6.92 Å². The molecule has 8 heteroatoms. The Labute approximate surface area is 133 Å². The molecule has 6 nitrogen and oxygen atoms in total. The topological polar surface area (TPSA) is 99.1 Å². The average Bonchev–Trinajstić information content (AvgIpc) is 2.95. The van der Waals surface area contributed by atoms with Crippen LogP contribution >= 0.6 is 11.6 Å². The summed E-state index contributed by atoms with van der Waals surface area (Å²) in [5.41, 5.74) is 6.02. The summed E-state index contributed by atoms with van der Waals surface area (Å²) in [6.07, 6.45) is 2.65. The van der Waals surface area contributed by atoms with Crippen LogP contribution in [0, 0.1) is 0 Å². The molecule has 118 valence electrons. The lowest BCUT2D eigenvalue weighted by Gasteiger charge is -2.34. The van der Waals surface area contributed by atoms with E-state index < -0.39 is 15.4 Å². The second-order valence-electron chi connectivity index (χ2n) is 5.48. The second-order valence-corrected chi connectivity index (χ2v) is 8.16. The Bertz CT molecular complexity index is 812. The summed E-state index contributed by atoms with van der Waals surface area (Å²) >= 11 is 6.14. The third-order valence-corrected chi connectivity index (χ3v) is 6.09. The fraction of sp³-hybridized carbons (Fsp3) is 0.429. The minimum atomic E-state index is -3.33. The van der Waals surface area contributed by atoms with Gasteiger partial charge < -0.3 is 10.3 Å². The van der Waals surface area contributed by atoms with E-state index in [9.17, 15) is 8.42 Å². The van der Waals surface area contributed by atoms with Crippen molar-refractivity contribution in [3.8, 4) is 11.5 Å². The minimum Gasteiger partial charge on any atom is -0.334 e. The van der Waals surface area contributed by atoms with Gasteiger partial charge in [0.1, 0.15) is 0 Å². The summed E-state index contributed by atoms with van der Waals surface area (Å²) in [4.78, 5) is 4.48. The van der Waals surface area contributed by atoms with Crippen molar-refractivity contribution < 1.29 is 12.9 Å². The van der Waals surface area contributed by atoms with Gasteiger partial charge >= 0.3 is 0 Å². The highest BCUT2D eigenvalue weighted by Gasteiger charge is 2.39. The number of rotatable bonds is 4. The quantitative estimate of drug-likeness (QED) is 0.917. The summed E-state index contributed by atoms with van der Waals surface area (Å²) in [5.74, 6) is 0.633. The van der Waals surface area contributed by atoms with Gasteiger partial charge in [0.25, 0.3) is 5.89 Å². The molecule has 1 fully saturated rings. The highest BCUT2D eigenvalue weighted by molar-refractivity contribution is 7.91. The number of aromatic nitrogens is 2. The molecule has 0 unspecified atom stereocenters. The van der Waals surface area contributed by atoms with E-state index in [-0.39, 0.29) is 16.5 Å². The molecule has 0 spiro atoms. The summed E-state index contributed by atoms with van der Waals surface area (Å²) in [6.45, 7) is 1.59. The van der Waals surface area contributed by atoms with Gasteiger partial charge in [-0.25, -0.2) is 8.42 Å². The Kier molecular flexibility index (Phi) is 3.74. The van der Waals surface area contributed by atoms with Crippen LogP contribution in [0.15, 0.2) is 27.6 Å². The van der Waals surface area contributed by atoms with Crippen molar-refractivity contribution in [3.63, 3.8) is 0 Å². The fourth-order valence-corrected chi connectivity index (χ4v) is 3.45. The second kappa shape index (κ2) is 5.33. The molecule has 1 aromatic carbocycles. The third-order valence-electron chi connectivity index (χ3n) is 4.02. The molecule has 0 aliphatic heterocycles. The van der Waals surface area contributed by atoms with Crippen LogP contribution < -0.4 is 5.73 Å². The highest BCUT2D eigenvalue weighted by atomic mass is 35.5. The van der Waals surface area contributed by atoms with Gasteiger partial charge in [-0.15, -0.1) is 0 Å². The van der Waals surface area contributed by atoms with E-state index >= 15 is 0 Å². The van der Waals surface area contributed by atoms with Crippen molar-refractivity contribution in [1.29, 1.82) is 0 Å². The van der Waals surface area contributed by atoms with Crippen LogP contribution in [-0.4, -0.2) is 24.3 Å². The molecule has 0 radical (unpaired) electrons. The van der Waals surface area contributed by atoms with Gasteiger partial charge in [0.05, 0.1) is 26.8 Å². The van der Waals surface area contributed by atoms with Crippen LogP contribution in [0.4, 0.5) is 0 Å². The number of nitrogens with zero attached hydrogens (tertiary/aromatic N) is 2. The molecule has 0 atom stereocenters. The van der Waals surface area contributed by atoms with Crippen molar-refractivity contribution >= 4 is 21.4 Å². The van der Waals surface area contributed by atoms with Crippen LogP contribution in [-0.2, 0) is 15.4 Å². The van der Waals surface area contributed by atoms with Gasteiger partial charge in [0.15, 0.2) is 15.7 Å². The summed E-state index contributed by atoms with van der Waals surface area (Å²) < 4.78 is 29.2. The SMILES string of the molecule is CCS(=O)(=O)c1ccc(Cl)c(-c2nc(C3(N)CCC3)no2)c1. The minimum absolute atomic E-state index is 0.00899. The lowest BCUT2D eigenvalue weighted by Crippen LogP contribution is -2.44. The zero-order valence-corrected chi connectivity index (χ0v) is 13.6. The van der Waals surface area contributed by atoms with Crippen LogP contribution in [0.3, 0.4) is 0 Å². The molecule has 2 aromatic rings. The van der Waals surface area contributed by atoms with E-state index in [4.69, 9.17) is 21.9 Å². The van der Waals surface area contributed by atoms with Crippen LogP contribution in [0.1, 0.15) is 32.0 Å². The monoisotopic (exact) mass is 341 g/mol. The van der Waals surface area contributed by atoms with E-state index in [0.717, 1.165) is 19.3 Å². The standard InChI is InChI=1S/C14H16ClN3O3S/c1-2-22(19,20)9-4-5-11(15)10(8-9)12-17-13(18-21-12)14(16)6-3-7-14/h4-5,8H,2-3,6-7,16H2,1H3. The molecule has 3 rings (SSSR count). The van der Waals surface area contributed by atoms with E-state index in [1.807, 2.05) is 0 Å². The van der Waals surface area contributed by atoms with Gasteiger partial charge in [0, 0.05) is 0 Å². The first-order chi connectivity index (χ1) is 10.4. The van der Waals surface area contributed by atoms with Crippen LogP contribution in [0.5, 0.6) is 0 Å². The smallest absolute Gasteiger partial charge is 0.259 e. The average molecular weight is 342 g/mol. The highest BCUT2D eigenvalue weighted by Crippen LogP contribution is 2.38. The van der Waals surface area contributed by atoms with Crippen molar-refractivity contribution in [2.75, 3.05) is 5.75 Å². The maximum Gasteiger partial charge on any atom is 0.259 e. The van der Waals surface area contributed by atoms with Gasteiger partial charge in [-0.05, 0) is 37.5 Å². The van der Waals surface area contributed by atoms with Crippen LogP contribution in [0.2, 0.25) is 5.02 Å². The Morgan fingerprint density at radius 3 is 2.73 bits per heavy atom. The Morgan fingerprint density at radius 2 is 2.14 bits per heavy atom. The molecule has 1 aromatic heterocycles. The number of nitrogens with two attached hydrogens (primary N) is 1. The number of hydrogen-bond donors (Lipinski definition) is 1. The van der Waals surface area contributed by atoms with Gasteiger partial charge in [-0.1, -0.05) is 23.7 Å². The normalized spacial score (nSPS) is 17.2. The molecule has 22 heavy (non-hydrogen) atoms. The third kappa shape index (κ3) is 2.53. The molecule has 2 N–H and O–H groups in total. The maximum absolute atomic E-state index is 12.0. The molecule has 1 aliphatic rings. The predicted molar refractivity (Wildman–Crippen MR) is 82.2 cm³/mol. The maximum atomic E-state index is 12.0. The first kappa shape index (κ1) is 15.5. The summed E-state index contributed by atoms with van der Waals surface area (Å²) in [6, 6.07) is 4.45. The summed E-state index contributed by atoms with van der Waals surface area (Å²) in [5, 5.41) is 4.27. The first-order valence-electron chi connectivity index (χ1n) is 7.01. The van der Waals surface area contributed by atoms with Gasteiger partial charge in [0.2, 0.25) is 0 Å². The molecule has 1 saturated carbocycles. The van der Waals surface area contributed by atoms with E-state index in [0.29, 0.717) is 16.4 Å². The zero-order chi connectivity index (χ0) is 16.0. The lowest BCUT2D eigenvalue weighted by atomic mass is 9.77. The van der Waals surface area contributed by atoms with Crippen molar-refractivity contribution in [2.45, 2.75) is 36.6 Å². The molecular weight excluding hydrogens is 326 g/mol. The molecule has 0 saturated heterocycles. The lowest BCUT2D eigenvalue weighted by molar-refractivity contribution is 0.229. The fourth-order valence-electron chi connectivity index (χ4n) is 2.34. The largest absolute Gasteiger partial charge is 0.334 e. The van der Waals surface area contributed by atoms with Crippen molar-refractivity contribution in [2.24, 2.45) is 5.73 Å². The van der Waals surface area contributed by atoms with Crippen LogP contribution in [0.25, 0.3) is 11.5 Å². The number of halogens is 1. The zero-order valence-electron chi connectivity index (χ0n) is 12.0. The van der Waals surface area contributed by atoms with Gasteiger partial charge in [-0.2, -0.15) is 4.98 Å². The van der Waals surface area contributed by atoms with E-state index in [1.165, 1.54) is 18.2 Å². The number of sulfone groups is 1. The predicted octanol–water partition coefficient (Wildman–Crippen LogP) is 2.52. The molecule has 1 aliphatic carbocycles. The Hall–Kier alpha value is -1.44. The van der Waals surface area contributed by atoms with E-state index in [2.05, 4.69) is 10.1 Å². The Balaban J connectivity index is 2.03.